The fourth-order valence-electron chi connectivity index (χ4n) is 6.43. The van der Waals surface area contributed by atoms with Crippen LogP contribution in [0.1, 0.15) is 36.8 Å². The van der Waals surface area contributed by atoms with Crippen LogP contribution in [0.5, 0.6) is 5.75 Å². The second-order valence-corrected chi connectivity index (χ2v) is 16.4. The molecule has 2 aromatic rings. The highest BCUT2D eigenvalue weighted by atomic mass is 28.3. The van der Waals surface area contributed by atoms with Crippen LogP contribution in [-0.2, 0) is 11.8 Å². The highest BCUT2D eigenvalue weighted by molar-refractivity contribution is 6.76. The van der Waals surface area contributed by atoms with Crippen LogP contribution in [0.25, 0.3) is 0 Å². The van der Waals surface area contributed by atoms with E-state index in [1.807, 2.05) is 6.07 Å². The Balaban J connectivity index is 1.69. The highest BCUT2D eigenvalue weighted by Crippen LogP contribution is 2.56. The molecular formula is C27H39NO2Si. The smallest absolute Gasteiger partial charge is 0.119 e. The van der Waals surface area contributed by atoms with Crippen LogP contribution in [0.2, 0.25) is 25.7 Å². The summed E-state index contributed by atoms with van der Waals surface area (Å²) in [5, 5.41) is 12.7. The first-order chi connectivity index (χ1) is 14.8. The normalized spacial score (nSPS) is 29.0. The van der Waals surface area contributed by atoms with Crippen molar-refractivity contribution in [1.82, 2.24) is 4.90 Å². The van der Waals surface area contributed by atoms with Gasteiger partial charge in [-0.1, -0.05) is 68.5 Å². The molecule has 1 saturated carbocycles. The minimum Gasteiger partial charge on any atom is -0.497 e. The molecule has 1 aliphatic heterocycles. The summed E-state index contributed by atoms with van der Waals surface area (Å²) in [4.78, 5) is 2.62. The van der Waals surface area contributed by atoms with Crippen LogP contribution in [-0.4, -0.2) is 49.9 Å². The maximum Gasteiger partial charge on any atom is 0.119 e. The maximum atomic E-state index is 12.7. The van der Waals surface area contributed by atoms with Gasteiger partial charge in [-0.25, -0.2) is 0 Å². The van der Waals surface area contributed by atoms with E-state index in [4.69, 9.17) is 4.74 Å². The van der Waals surface area contributed by atoms with Gasteiger partial charge in [0, 0.05) is 26.1 Å². The lowest BCUT2D eigenvalue weighted by molar-refractivity contribution is -0.150. The summed E-state index contributed by atoms with van der Waals surface area (Å²) in [6, 6.07) is 20.5. The van der Waals surface area contributed by atoms with Crippen LogP contribution in [0, 0.1) is 0 Å². The van der Waals surface area contributed by atoms with Crippen molar-refractivity contribution in [3.63, 3.8) is 0 Å². The Kier molecular flexibility index (Phi) is 6.35. The number of aliphatic hydroxyl groups is 1. The minimum absolute atomic E-state index is 0.173. The third-order valence-corrected chi connectivity index (χ3v) is 9.28. The number of fused-ring (bicyclic) bond motifs is 2. The third kappa shape index (κ3) is 4.35. The van der Waals surface area contributed by atoms with Gasteiger partial charge < -0.3 is 9.84 Å². The predicted octanol–water partition coefficient (Wildman–Crippen LogP) is 5.50. The van der Waals surface area contributed by atoms with Gasteiger partial charge in [0.15, 0.2) is 0 Å². The number of methoxy groups -OCH3 is 1. The van der Waals surface area contributed by atoms with Crippen molar-refractivity contribution < 1.29 is 9.84 Å². The summed E-state index contributed by atoms with van der Waals surface area (Å²) in [5.74, 6) is 0.899. The maximum absolute atomic E-state index is 12.7. The van der Waals surface area contributed by atoms with Gasteiger partial charge in [-0.3, -0.25) is 4.90 Å². The van der Waals surface area contributed by atoms with Gasteiger partial charge in [0.25, 0.3) is 0 Å². The lowest BCUT2D eigenvalue weighted by Gasteiger charge is -2.63. The number of hydrogen-bond acceptors (Lipinski definition) is 3. The molecule has 1 heterocycles. The molecule has 2 bridgehead atoms. The molecule has 31 heavy (non-hydrogen) atoms. The molecule has 2 aliphatic rings. The molecule has 3 nitrogen and oxygen atoms in total. The fraction of sp³-hybridized carbons (Fsp3) is 0.556. The standard InChI is InChI=1S/C27H39NO2Si/c1-30-24-13-8-12-23(20-24)26-16-9-14-25(27(26,29)21-31(2,3)4)28(19-17-26)18-15-22-10-6-5-7-11-22/h5-8,10-13,20,25,29H,9,14-19,21H2,1-4H3/t25-,26-,27?/m1/s1. The molecule has 0 spiro atoms. The van der Waals surface area contributed by atoms with Gasteiger partial charge in [0.05, 0.1) is 12.7 Å². The second-order valence-electron chi connectivity index (χ2n) is 10.9. The number of likely N-dealkylation sites (tertiary alicyclic amines) is 1. The molecule has 1 aliphatic carbocycles. The van der Waals surface area contributed by atoms with E-state index in [0.29, 0.717) is 0 Å². The largest absolute Gasteiger partial charge is 0.497 e. The molecule has 1 saturated heterocycles. The van der Waals surface area contributed by atoms with E-state index in [9.17, 15) is 5.11 Å². The molecule has 168 valence electrons. The number of hydrogen-bond donors (Lipinski definition) is 1. The topological polar surface area (TPSA) is 32.7 Å². The molecule has 2 fully saturated rings. The van der Waals surface area contributed by atoms with E-state index >= 15 is 0 Å². The molecular weight excluding hydrogens is 398 g/mol. The van der Waals surface area contributed by atoms with Crippen molar-refractivity contribution in [3.05, 3.63) is 65.7 Å². The van der Waals surface area contributed by atoms with Gasteiger partial charge in [0.1, 0.15) is 5.75 Å². The van der Waals surface area contributed by atoms with E-state index in [0.717, 1.165) is 50.6 Å². The fourth-order valence-corrected chi connectivity index (χ4v) is 8.62. The van der Waals surface area contributed by atoms with Crippen LogP contribution in [0.15, 0.2) is 54.6 Å². The van der Waals surface area contributed by atoms with Crippen molar-refractivity contribution >= 4 is 8.07 Å². The number of rotatable bonds is 7. The zero-order valence-electron chi connectivity index (χ0n) is 19.7. The monoisotopic (exact) mass is 437 g/mol. The lowest BCUT2D eigenvalue weighted by atomic mass is 9.54. The Morgan fingerprint density at radius 2 is 1.84 bits per heavy atom. The number of benzene rings is 2. The van der Waals surface area contributed by atoms with Crippen molar-refractivity contribution in [1.29, 1.82) is 0 Å². The first-order valence-corrected chi connectivity index (χ1v) is 15.6. The average molecular weight is 438 g/mol. The van der Waals surface area contributed by atoms with Gasteiger partial charge in [0.2, 0.25) is 0 Å². The molecule has 1 unspecified atom stereocenters. The van der Waals surface area contributed by atoms with Crippen molar-refractivity contribution in [2.24, 2.45) is 0 Å². The van der Waals surface area contributed by atoms with Crippen molar-refractivity contribution in [3.8, 4) is 5.75 Å². The van der Waals surface area contributed by atoms with Gasteiger partial charge in [-0.15, -0.1) is 0 Å². The molecule has 4 rings (SSSR count). The first kappa shape index (κ1) is 22.6. The SMILES string of the molecule is COc1cccc([C@@]23CCC[C@@H](N(CCc4ccccc4)CC2)C3(O)C[Si](C)(C)C)c1. The van der Waals surface area contributed by atoms with E-state index in [2.05, 4.69) is 73.1 Å². The molecule has 3 atom stereocenters. The van der Waals surface area contributed by atoms with Gasteiger partial charge in [-0.2, -0.15) is 0 Å². The van der Waals surface area contributed by atoms with E-state index in [1.165, 1.54) is 17.5 Å². The first-order valence-electron chi connectivity index (χ1n) is 11.9. The Hall–Kier alpha value is -1.62. The summed E-state index contributed by atoms with van der Waals surface area (Å²) in [6.45, 7) is 9.30. The van der Waals surface area contributed by atoms with Crippen molar-refractivity contribution in [2.45, 2.75) is 74.8 Å². The molecule has 4 heteroatoms. The average Bonchev–Trinajstić information content (AvgIpc) is 2.72. The summed E-state index contributed by atoms with van der Waals surface area (Å²) in [7, 11) is 0.228. The van der Waals surface area contributed by atoms with E-state index < -0.39 is 13.7 Å². The quantitative estimate of drug-likeness (QED) is 0.580. The third-order valence-electron chi connectivity index (χ3n) is 7.68. The number of piperidine rings is 1. The highest BCUT2D eigenvalue weighted by Gasteiger charge is 2.62. The lowest BCUT2D eigenvalue weighted by Crippen LogP contribution is -2.71. The predicted molar refractivity (Wildman–Crippen MR) is 132 cm³/mol. The zero-order chi connectivity index (χ0) is 22.1. The number of nitrogens with zero attached hydrogens (tertiary/aromatic N) is 1. The molecule has 0 radical (unpaired) electrons. The molecule has 0 amide bonds. The molecule has 2 aromatic carbocycles. The van der Waals surface area contributed by atoms with Crippen molar-refractivity contribution in [2.75, 3.05) is 20.2 Å². The molecule has 0 aromatic heterocycles. The van der Waals surface area contributed by atoms with E-state index in [-0.39, 0.29) is 11.5 Å². The Bertz CT molecular complexity index is 880. The Morgan fingerprint density at radius 3 is 2.55 bits per heavy atom. The van der Waals surface area contributed by atoms with Gasteiger partial charge >= 0.3 is 0 Å². The zero-order valence-corrected chi connectivity index (χ0v) is 20.7. The van der Waals surface area contributed by atoms with Crippen LogP contribution < -0.4 is 4.74 Å². The van der Waals surface area contributed by atoms with E-state index in [1.54, 1.807) is 7.11 Å². The minimum atomic E-state index is -1.51. The summed E-state index contributed by atoms with van der Waals surface area (Å²) in [6.07, 6.45) is 5.42. The Morgan fingerprint density at radius 1 is 1.06 bits per heavy atom. The van der Waals surface area contributed by atoms with Crippen LogP contribution in [0.3, 0.4) is 0 Å². The summed E-state index contributed by atoms with van der Waals surface area (Å²) >= 11 is 0. The second kappa shape index (κ2) is 8.72. The number of ether oxygens (including phenoxy) is 1. The van der Waals surface area contributed by atoms with Crippen LogP contribution >= 0.6 is 0 Å². The van der Waals surface area contributed by atoms with Gasteiger partial charge in [-0.05, 0) is 61.5 Å². The summed E-state index contributed by atoms with van der Waals surface area (Å²) < 4.78 is 5.57. The van der Waals surface area contributed by atoms with Crippen LogP contribution in [0.4, 0.5) is 0 Å². The summed E-state index contributed by atoms with van der Waals surface area (Å²) in [5.41, 5.74) is 1.81. The molecule has 1 N–H and O–H groups in total. The Labute approximate surface area is 189 Å².